The molecule has 11 heteroatoms. The fourth-order valence-electron chi connectivity index (χ4n) is 3.84. The lowest BCUT2D eigenvalue weighted by Gasteiger charge is -2.28. The van der Waals surface area contributed by atoms with Crippen LogP contribution in [0.4, 0.5) is 9.59 Å². The van der Waals surface area contributed by atoms with E-state index >= 15 is 0 Å². The Morgan fingerprint density at radius 1 is 0.775 bits per heavy atom. The van der Waals surface area contributed by atoms with Crippen molar-refractivity contribution in [3.8, 4) is 0 Å². The van der Waals surface area contributed by atoms with E-state index in [1.54, 1.807) is 20.8 Å². The standard InChI is InChI=1S/C29H43N3O8/c1-29(2,3)40-28(38)32-24(15-21-12-8-5-9-13-21)26(36)17-30-16-25(35)23(14-20-10-6-4-7-11-20)31-27(37)39-19-22(34)18-33/h4-13,22-26,30,33-36H,14-19H2,1-3H3,(H,31,37)(H,32,38)/t22-,23-,24-,25+,26+/m0/s1. The SMILES string of the molecule is CC(C)(C)OC(=O)N[C@@H](Cc1ccccc1)[C@H](O)CNC[C@@H](O)[C@H](Cc1ccccc1)NC(=O)OC[C@@H](O)CO. The van der Waals surface area contributed by atoms with Gasteiger partial charge in [-0.05, 0) is 44.7 Å². The molecule has 2 aromatic carbocycles. The van der Waals surface area contributed by atoms with Crippen molar-refractivity contribution in [1.82, 2.24) is 16.0 Å². The summed E-state index contributed by atoms with van der Waals surface area (Å²) in [5, 5.41) is 48.6. The molecule has 2 aromatic rings. The zero-order valence-corrected chi connectivity index (χ0v) is 23.3. The van der Waals surface area contributed by atoms with Gasteiger partial charge in [0.15, 0.2) is 0 Å². The van der Waals surface area contributed by atoms with Crippen molar-refractivity contribution in [2.24, 2.45) is 0 Å². The predicted molar refractivity (Wildman–Crippen MR) is 150 cm³/mol. The summed E-state index contributed by atoms with van der Waals surface area (Å²) in [5.41, 5.74) is 1.08. The van der Waals surface area contributed by atoms with Crippen molar-refractivity contribution in [3.63, 3.8) is 0 Å². The highest BCUT2D eigenvalue weighted by Crippen LogP contribution is 2.11. The number of nitrogens with one attached hydrogen (secondary N) is 3. The summed E-state index contributed by atoms with van der Waals surface area (Å²) < 4.78 is 10.3. The Morgan fingerprint density at radius 3 is 1.65 bits per heavy atom. The second-order valence-corrected chi connectivity index (χ2v) is 10.6. The number of benzene rings is 2. The Balaban J connectivity index is 2.00. The van der Waals surface area contributed by atoms with Crippen LogP contribution in [-0.2, 0) is 22.3 Å². The minimum absolute atomic E-state index is 0.0125. The van der Waals surface area contributed by atoms with Gasteiger partial charge in [0.25, 0.3) is 0 Å². The summed E-state index contributed by atoms with van der Waals surface area (Å²) in [6.45, 7) is 4.36. The zero-order valence-electron chi connectivity index (χ0n) is 23.3. The first-order valence-electron chi connectivity index (χ1n) is 13.3. The Labute approximate surface area is 235 Å². The van der Waals surface area contributed by atoms with E-state index in [2.05, 4.69) is 16.0 Å². The van der Waals surface area contributed by atoms with Gasteiger partial charge in [-0.2, -0.15) is 0 Å². The van der Waals surface area contributed by atoms with E-state index in [4.69, 9.17) is 14.6 Å². The number of aliphatic hydroxyl groups is 4. The molecule has 0 unspecified atom stereocenters. The number of alkyl carbamates (subject to hydrolysis) is 2. The third-order valence-electron chi connectivity index (χ3n) is 5.86. The summed E-state index contributed by atoms with van der Waals surface area (Å²) in [7, 11) is 0. The van der Waals surface area contributed by atoms with Crippen LogP contribution in [0.1, 0.15) is 31.9 Å². The molecule has 0 aliphatic heterocycles. The maximum Gasteiger partial charge on any atom is 0.407 e. The molecule has 0 saturated heterocycles. The molecule has 0 aliphatic carbocycles. The number of aliphatic hydroxyl groups excluding tert-OH is 4. The number of hydrogen-bond donors (Lipinski definition) is 7. The summed E-state index contributed by atoms with van der Waals surface area (Å²) >= 11 is 0. The van der Waals surface area contributed by atoms with Crippen LogP contribution in [0.5, 0.6) is 0 Å². The summed E-state index contributed by atoms with van der Waals surface area (Å²) in [6.07, 6.45) is -4.15. The third kappa shape index (κ3) is 13.2. The topological polar surface area (TPSA) is 170 Å². The molecule has 0 saturated carbocycles. The van der Waals surface area contributed by atoms with E-state index in [0.717, 1.165) is 11.1 Å². The van der Waals surface area contributed by atoms with Crippen LogP contribution in [0.15, 0.2) is 60.7 Å². The van der Waals surface area contributed by atoms with Gasteiger partial charge >= 0.3 is 12.2 Å². The molecule has 0 aromatic heterocycles. The smallest absolute Gasteiger partial charge is 0.407 e. The zero-order chi connectivity index (χ0) is 29.5. The highest BCUT2D eigenvalue weighted by atomic mass is 16.6. The molecular weight excluding hydrogens is 518 g/mol. The van der Waals surface area contributed by atoms with E-state index in [1.165, 1.54) is 0 Å². The molecule has 0 heterocycles. The molecule has 2 amide bonds. The molecule has 40 heavy (non-hydrogen) atoms. The lowest BCUT2D eigenvalue weighted by molar-refractivity contribution is 0.0283. The maximum absolute atomic E-state index is 12.4. The van der Waals surface area contributed by atoms with Gasteiger partial charge in [-0.3, -0.25) is 0 Å². The molecule has 0 radical (unpaired) electrons. The number of carbonyl (C=O) groups excluding carboxylic acids is 2. The molecule has 222 valence electrons. The molecule has 5 atom stereocenters. The molecule has 7 N–H and O–H groups in total. The van der Waals surface area contributed by atoms with E-state index in [9.17, 15) is 24.9 Å². The van der Waals surface area contributed by atoms with Crippen molar-refractivity contribution in [2.45, 2.75) is 69.6 Å². The van der Waals surface area contributed by atoms with Gasteiger partial charge in [-0.25, -0.2) is 9.59 Å². The lowest BCUT2D eigenvalue weighted by Crippen LogP contribution is -2.52. The summed E-state index contributed by atoms with van der Waals surface area (Å²) in [4.78, 5) is 24.7. The Hall–Kier alpha value is -3.22. The normalized spacial score (nSPS) is 15.3. The highest BCUT2D eigenvalue weighted by molar-refractivity contribution is 5.68. The fraction of sp³-hybridized carbons (Fsp3) is 0.517. The highest BCUT2D eigenvalue weighted by Gasteiger charge is 2.27. The van der Waals surface area contributed by atoms with Crippen molar-refractivity contribution in [2.75, 3.05) is 26.3 Å². The number of amides is 2. The van der Waals surface area contributed by atoms with Crippen LogP contribution in [-0.4, -0.2) is 94.9 Å². The fourth-order valence-corrected chi connectivity index (χ4v) is 3.84. The van der Waals surface area contributed by atoms with Gasteiger partial charge in [-0.1, -0.05) is 60.7 Å². The third-order valence-corrected chi connectivity index (χ3v) is 5.86. The summed E-state index contributed by atoms with van der Waals surface area (Å²) in [6, 6.07) is 17.2. The minimum atomic E-state index is -1.20. The molecule has 2 rings (SSSR count). The van der Waals surface area contributed by atoms with Crippen LogP contribution in [0, 0.1) is 0 Å². The molecule has 0 spiro atoms. The number of ether oxygens (including phenoxy) is 2. The van der Waals surface area contributed by atoms with Crippen LogP contribution >= 0.6 is 0 Å². The second kappa shape index (κ2) is 16.8. The summed E-state index contributed by atoms with van der Waals surface area (Å²) in [5.74, 6) is 0. The van der Waals surface area contributed by atoms with Gasteiger partial charge in [0.2, 0.25) is 0 Å². The van der Waals surface area contributed by atoms with Crippen molar-refractivity contribution in [1.29, 1.82) is 0 Å². The van der Waals surface area contributed by atoms with Gasteiger partial charge in [0.05, 0.1) is 30.9 Å². The van der Waals surface area contributed by atoms with E-state index in [0.29, 0.717) is 12.8 Å². The van der Waals surface area contributed by atoms with E-state index < -0.39 is 61.4 Å². The van der Waals surface area contributed by atoms with Gasteiger partial charge in [-0.15, -0.1) is 0 Å². The molecule has 0 fully saturated rings. The number of carbonyl (C=O) groups is 2. The van der Waals surface area contributed by atoms with Crippen LogP contribution in [0.2, 0.25) is 0 Å². The quantitative estimate of drug-likeness (QED) is 0.168. The van der Waals surface area contributed by atoms with Crippen LogP contribution in [0.25, 0.3) is 0 Å². The van der Waals surface area contributed by atoms with Crippen molar-refractivity contribution < 1.29 is 39.5 Å². The Kier molecular flexibility index (Phi) is 13.8. The second-order valence-electron chi connectivity index (χ2n) is 10.6. The van der Waals surface area contributed by atoms with Crippen LogP contribution < -0.4 is 16.0 Å². The Bertz CT molecular complexity index is 1000. The van der Waals surface area contributed by atoms with Gasteiger partial charge in [0.1, 0.15) is 18.3 Å². The molecule has 0 aliphatic rings. The monoisotopic (exact) mass is 561 g/mol. The minimum Gasteiger partial charge on any atom is -0.447 e. The lowest BCUT2D eigenvalue weighted by atomic mass is 10.00. The first-order valence-corrected chi connectivity index (χ1v) is 13.3. The van der Waals surface area contributed by atoms with Crippen molar-refractivity contribution in [3.05, 3.63) is 71.8 Å². The first-order chi connectivity index (χ1) is 19.0. The predicted octanol–water partition coefficient (Wildman–Crippen LogP) is 1.12. The molecule has 11 nitrogen and oxygen atoms in total. The molecular formula is C29H43N3O8. The van der Waals surface area contributed by atoms with E-state index in [1.807, 2.05) is 60.7 Å². The van der Waals surface area contributed by atoms with Gasteiger partial charge < -0.3 is 45.9 Å². The number of rotatable bonds is 15. The largest absolute Gasteiger partial charge is 0.447 e. The Morgan fingerprint density at radius 2 is 1.23 bits per heavy atom. The average molecular weight is 562 g/mol. The van der Waals surface area contributed by atoms with Crippen molar-refractivity contribution >= 4 is 12.2 Å². The number of hydrogen-bond acceptors (Lipinski definition) is 9. The van der Waals surface area contributed by atoms with Crippen LogP contribution in [0.3, 0.4) is 0 Å². The maximum atomic E-state index is 12.4. The van der Waals surface area contributed by atoms with E-state index in [-0.39, 0.29) is 13.1 Å². The average Bonchev–Trinajstić information content (AvgIpc) is 2.91. The molecule has 0 bridgehead atoms. The van der Waals surface area contributed by atoms with Gasteiger partial charge in [0, 0.05) is 13.1 Å². The first kappa shape index (κ1) is 33.0.